The molecule has 0 aromatic heterocycles. The molecule has 2 aliphatic rings. The number of rotatable bonds is 2. The van der Waals surface area contributed by atoms with E-state index in [9.17, 15) is 14.7 Å². The van der Waals surface area contributed by atoms with E-state index in [4.69, 9.17) is 11.6 Å². The van der Waals surface area contributed by atoms with Crippen molar-refractivity contribution in [2.75, 3.05) is 5.32 Å². The lowest BCUT2D eigenvalue weighted by Gasteiger charge is -2.24. The Hall–Kier alpha value is -1.75. The fourth-order valence-corrected chi connectivity index (χ4v) is 3.67. The van der Waals surface area contributed by atoms with E-state index in [1.807, 2.05) is 6.92 Å². The van der Waals surface area contributed by atoms with Crippen LogP contribution in [0.2, 0.25) is 5.02 Å². The number of carbonyl (C=O) groups excluding carboxylic acids is 1. The number of aliphatic carboxylic acids is 1. The number of fused-ring (bicyclic) bond motifs is 2. The molecule has 2 aliphatic heterocycles. The number of carboxylic acid groups (broad SMARTS) is 1. The van der Waals surface area contributed by atoms with E-state index >= 15 is 0 Å². The monoisotopic (exact) mass is 308 g/mol. The molecule has 2 heterocycles. The van der Waals surface area contributed by atoms with E-state index in [1.54, 1.807) is 23.1 Å². The van der Waals surface area contributed by atoms with Crippen LogP contribution in [-0.2, 0) is 4.79 Å². The zero-order valence-electron chi connectivity index (χ0n) is 11.7. The van der Waals surface area contributed by atoms with Gasteiger partial charge in [0.2, 0.25) is 0 Å². The minimum absolute atomic E-state index is 0.0376. The maximum absolute atomic E-state index is 12.5. The Morgan fingerprint density at radius 1 is 1.38 bits per heavy atom. The number of carbonyl (C=O) groups is 2. The highest BCUT2D eigenvalue weighted by Gasteiger charge is 2.51. The van der Waals surface area contributed by atoms with Crippen molar-refractivity contribution >= 4 is 29.3 Å². The first-order chi connectivity index (χ1) is 9.99. The molecule has 1 aromatic rings. The molecule has 3 rings (SSSR count). The lowest BCUT2D eigenvalue weighted by atomic mass is 9.89. The van der Waals surface area contributed by atoms with Crippen molar-refractivity contribution in [3.63, 3.8) is 0 Å². The maximum atomic E-state index is 12.5. The molecule has 5 nitrogen and oxygen atoms in total. The lowest BCUT2D eigenvalue weighted by Crippen LogP contribution is -2.40. The Morgan fingerprint density at radius 2 is 2.14 bits per heavy atom. The summed E-state index contributed by atoms with van der Waals surface area (Å²) in [7, 11) is 0. The van der Waals surface area contributed by atoms with Gasteiger partial charge < -0.3 is 15.3 Å². The van der Waals surface area contributed by atoms with Gasteiger partial charge in [0.15, 0.2) is 0 Å². The first-order valence-electron chi connectivity index (χ1n) is 7.06. The molecule has 2 fully saturated rings. The molecular formula is C15H17ClN2O3. The van der Waals surface area contributed by atoms with Crippen LogP contribution >= 0.6 is 11.6 Å². The van der Waals surface area contributed by atoms with E-state index in [0.29, 0.717) is 17.1 Å². The number of hydrogen-bond acceptors (Lipinski definition) is 2. The predicted molar refractivity (Wildman–Crippen MR) is 79.6 cm³/mol. The quantitative estimate of drug-likeness (QED) is 0.882. The van der Waals surface area contributed by atoms with Crippen LogP contribution in [0, 0.1) is 12.8 Å². The van der Waals surface area contributed by atoms with Crippen molar-refractivity contribution in [1.82, 2.24) is 4.90 Å². The first-order valence-corrected chi connectivity index (χ1v) is 7.44. The molecule has 0 aliphatic carbocycles. The largest absolute Gasteiger partial charge is 0.481 e. The third kappa shape index (κ3) is 2.35. The van der Waals surface area contributed by atoms with Crippen molar-refractivity contribution in [2.24, 2.45) is 5.92 Å². The highest BCUT2D eigenvalue weighted by atomic mass is 35.5. The zero-order chi connectivity index (χ0) is 15.1. The summed E-state index contributed by atoms with van der Waals surface area (Å²) in [6.45, 7) is 1.84. The molecule has 3 unspecified atom stereocenters. The van der Waals surface area contributed by atoms with Crippen LogP contribution in [-0.4, -0.2) is 34.1 Å². The van der Waals surface area contributed by atoms with Gasteiger partial charge in [0.25, 0.3) is 0 Å². The molecule has 6 heteroatoms. The smallest absolute Gasteiger partial charge is 0.322 e. The summed E-state index contributed by atoms with van der Waals surface area (Å²) in [5, 5.41) is 12.7. The van der Waals surface area contributed by atoms with Gasteiger partial charge in [-0.1, -0.05) is 17.7 Å². The number of anilines is 1. The zero-order valence-corrected chi connectivity index (χ0v) is 12.4. The number of carboxylic acids is 1. The van der Waals surface area contributed by atoms with Crippen molar-refractivity contribution in [3.05, 3.63) is 28.8 Å². The lowest BCUT2D eigenvalue weighted by molar-refractivity contribution is -0.142. The molecule has 0 radical (unpaired) electrons. The molecule has 2 saturated heterocycles. The summed E-state index contributed by atoms with van der Waals surface area (Å²) in [6, 6.07) is 4.97. The fourth-order valence-electron chi connectivity index (χ4n) is 3.49. The summed E-state index contributed by atoms with van der Waals surface area (Å²) < 4.78 is 0. The highest BCUT2D eigenvalue weighted by Crippen LogP contribution is 2.42. The van der Waals surface area contributed by atoms with E-state index < -0.39 is 11.9 Å². The molecule has 2 amide bonds. The molecule has 112 valence electrons. The van der Waals surface area contributed by atoms with Crippen LogP contribution in [0.25, 0.3) is 0 Å². The van der Waals surface area contributed by atoms with E-state index in [2.05, 4.69) is 5.32 Å². The Balaban J connectivity index is 1.78. The Kier molecular flexibility index (Phi) is 3.53. The predicted octanol–water partition coefficient (Wildman–Crippen LogP) is 3.12. The van der Waals surface area contributed by atoms with Crippen molar-refractivity contribution in [1.29, 1.82) is 0 Å². The van der Waals surface area contributed by atoms with Gasteiger partial charge in [-0.05, 0) is 43.9 Å². The maximum Gasteiger partial charge on any atom is 0.322 e. The molecule has 0 spiro atoms. The second-order valence-corrected chi connectivity index (χ2v) is 6.14. The van der Waals surface area contributed by atoms with Crippen LogP contribution in [0.1, 0.15) is 24.8 Å². The molecule has 3 atom stereocenters. The average molecular weight is 309 g/mol. The van der Waals surface area contributed by atoms with Gasteiger partial charge in [-0.25, -0.2) is 4.79 Å². The number of benzene rings is 1. The van der Waals surface area contributed by atoms with Gasteiger partial charge in [0.05, 0.1) is 5.92 Å². The van der Waals surface area contributed by atoms with E-state index in [0.717, 1.165) is 18.4 Å². The number of hydrogen-bond donors (Lipinski definition) is 2. The minimum Gasteiger partial charge on any atom is -0.481 e. The number of nitrogens with one attached hydrogen (secondary N) is 1. The Labute approximate surface area is 127 Å². The van der Waals surface area contributed by atoms with Crippen LogP contribution in [0.15, 0.2) is 18.2 Å². The van der Waals surface area contributed by atoms with Crippen LogP contribution in [0.5, 0.6) is 0 Å². The van der Waals surface area contributed by atoms with E-state index in [-0.39, 0.29) is 18.1 Å². The summed E-state index contributed by atoms with van der Waals surface area (Å²) in [5.74, 6) is -1.24. The Morgan fingerprint density at radius 3 is 2.81 bits per heavy atom. The molecule has 21 heavy (non-hydrogen) atoms. The number of nitrogens with zero attached hydrogens (tertiary/aromatic N) is 1. The van der Waals surface area contributed by atoms with Gasteiger partial charge in [0, 0.05) is 22.8 Å². The average Bonchev–Trinajstić information content (AvgIpc) is 3.01. The second-order valence-electron chi connectivity index (χ2n) is 5.73. The topological polar surface area (TPSA) is 69.6 Å². The van der Waals surface area contributed by atoms with Gasteiger partial charge in [-0.15, -0.1) is 0 Å². The normalized spacial score (nSPS) is 27.0. The van der Waals surface area contributed by atoms with Crippen LogP contribution in [0.4, 0.5) is 10.5 Å². The van der Waals surface area contributed by atoms with Gasteiger partial charge in [-0.2, -0.15) is 0 Å². The van der Waals surface area contributed by atoms with Gasteiger partial charge in [-0.3, -0.25) is 4.79 Å². The number of amides is 2. The molecule has 0 saturated carbocycles. The van der Waals surface area contributed by atoms with Crippen LogP contribution < -0.4 is 5.32 Å². The molecule has 2 N–H and O–H groups in total. The summed E-state index contributed by atoms with van der Waals surface area (Å²) in [4.78, 5) is 25.4. The first kappa shape index (κ1) is 14.2. The summed E-state index contributed by atoms with van der Waals surface area (Å²) >= 11 is 6.05. The molecule has 1 aromatic carbocycles. The van der Waals surface area contributed by atoms with Gasteiger partial charge in [0.1, 0.15) is 0 Å². The molecular weight excluding hydrogens is 292 g/mol. The summed E-state index contributed by atoms with van der Waals surface area (Å²) in [6.07, 6.45) is 2.21. The van der Waals surface area contributed by atoms with Crippen molar-refractivity contribution < 1.29 is 14.7 Å². The molecule has 2 bridgehead atoms. The minimum atomic E-state index is -0.807. The van der Waals surface area contributed by atoms with E-state index in [1.165, 1.54) is 0 Å². The third-order valence-corrected chi connectivity index (χ3v) is 5.01. The van der Waals surface area contributed by atoms with Gasteiger partial charge >= 0.3 is 12.0 Å². The third-order valence-electron chi connectivity index (χ3n) is 4.60. The van der Waals surface area contributed by atoms with Crippen LogP contribution in [0.3, 0.4) is 0 Å². The van der Waals surface area contributed by atoms with Crippen molar-refractivity contribution in [2.45, 2.75) is 38.3 Å². The number of halogens is 1. The standard InChI is InChI=1S/C15H17ClN2O3/c1-8-11(16)3-2-4-12(8)17-15(21)18-9-5-6-13(18)10(7-9)14(19)20/h2-4,9-10,13H,5-7H2,1H3,(H,17,21)(H,19,20). The number of urea groups is 1. The summed E-state index contributed by atoms with van der Waals surface area (Å²) in [5.41, 5.74) is 1.49. The SMILES string of the molecule is Cc1c(Cl)cccc1NC(=O)N1C2CCC1C(C(=O)O)C2. The second kappa shape index (κ2) is 5.22. The highest BCUT2D eigenvalue weighted by molar-refractivity contribution is 6.31. The fraction of sp³-hybridized carbons (Fsp3) is 0.467. The van der Waals surface area contributed by atoms with Crippen molar-refractivity contribution in [3.8, 4) is 0 Å². The Bertz CT molecular complexity index is 605.